The lowest BCUT2D eigenvalue weighted by atomic mass is 9.97. The van der Waals surface area contributed by atoms with E-state index in [0.29, 0.717) is 16.7 Å². The molecule has 1 aromatic carbocycles. The van der Waals surface area contributed by atoms with Crippen molar-refractivity contribution in [1.82, 2.24) is 0 Å². The summed E-state index contributed by atoms with van der Waals surface area (Å²) in [4.78, 5) is 11.2. The minimum Gasteiger partial charge on any atom is -0.404 e. The van der Waals surface area contributed by atoms with Crippen molar-refractivity contribution in [3.63, 3.8) is 0 Å². The van der Waals surface area contributed by atoms with Crippen molar-refractivity contribution in [2.45, 2.75) is 6.92 Å². The number of nitriles is 1. The molecule has 0 unspecified atom stereocenters. The summed E-state index contributed by atoms with van der Waals surface area (Å²) >= 11 is 0. The molecule has 0 heterocycles. The number of rotatable bonds is 3. The van der Waals surface area contributed by atoms with E-state index in [4.69, 9.17) is 16.7 Å². The Labute approximate surface area is 99.8 Å². The van der Waals surface area contributed by atoms with Crippen molar-refractivity contribution in [2.24, 2.45) is 11.5 Å². The van der Waals surface area contributed by atoms with Gasteiger partial charge in [0.2, 0.25) is 5.91 Å². The van der Waals surface area contributed by atoms with Crippen LogP contribution in [-0.4, -0.2) is 5.91 Å². The van der Waals surface area contributed by atoms with Crippen LogP contribution in [-0.2, 0) is 4.79 Å². The zero-order valence-electron chi connectivity index (χ0n) is 9.47. The van der Waals surface area contributed by atoms with Gasteiger partial charge in [-0.25, -0.2) is 0 Å². The van der Waals surface area contributed by atoms with Gasteiger partial charge < -0.3 is 11.5 Å². The normalized spacial score (nSPS) is 12.0. The molecule has 0 spiro atoms. The van der Waals surface area contributed by atoms with Crippen molar-refractivity contribution in [3.05, 3.63) is 53.2 Å². The zero-order valence-corrected chi connectivity index (χ0v) is 9.47. The average molecular weight is 227 g/mol. The highest BCUT2D eigenvalue weighted by molar-refractivity contribution is 6.08. The molecule has 17 heavy (non-hydrogen) atoms. The van der Waals surface area contributed by atoms with Gasteiger partial charge >= 0.3 is 0 Å². The minimum absolute atomic E-state index is 0.359. The van der Waals surface area contributed by atoms with E-state index in [1.54, 1.807) is 37.3 Å². The van der Waals surface area contributed by atoms with E-state index in [2.05, 4.69) is 0 Å². The van der Waals surface area contributed by atoms with Gasteiger partial charge in [-0.3, -0.25) is 4.79 Å². The lowest BCUT2D eigenvalue weighted by Crippen LogP contribution is -2.15. The second-order valence-corrected chi connectivity index (χ2v) is 3.34. The van der Waals surface area contributed by atoms with Gasteiger partial charge in [-0.1, -0.05) is 18.2 Å². The standard InChI is InChI=1S/C13H13N3O/c1-2-11(13(16)17)12(8-15)10-5-3-9(7-14)4-6-10/h2-6,8H,15H2,1H3,(H2,16,17)/b11-2-,12-8-. The van der Waals surface area contributed by atoms with Crippen LogP contribution in [0.25, 0.3) is 5.57 Å². The molecule has 0 saturated carbocycles. The molecule has 0 fully saturated rings. The van der Waals surface area contributed by atoms with Crippen LogP contribution in [0.15, 0.2) is 42.1 Å². The zero-order chi connectivity index (χ0) is 12.8. The largest absolute Gasteiger partial charge is 0.404 e. The third-order valence-corrected chi connectivity index (χ3v) is 2.34. The molecule has 1 rings (SSSR count). The van der Waals surface area contributed by atoms with E-state index in [9.17, 15) is 4.79 Å². The van der Waals surface area contributed by atoms with Crippen LogP contribution >= 0.6 is 0 Å². The molecule has 0 atom stereocenters. The first-order chi connectivity index (χ1) is 8.13. The van der Waals surface area contributed by atoms with E-state index in [1.807, 2.05) is 6.07 Å². The Morgan fingerprint density at radius 3 is 2.29 bits per heavy atom. The molecular weight excluding hydrogens is 214 g/mol. The van der Waals surface area contributed by atoms with E-state index >= 15 is 0 Å². The lowest BCUT2D eigenvalue weighted by Gasteiger charge is -2.08. The first kappa shape index (κ1) is 12.5. The number of benzene rings is 1. The summed E-state index contributed by atoms with van der Waals surface area (Å²) in [6.45, 7) is 1.72. The van der Waals surface area contributed by atoms with Gasteiger partial charge in [0.25, 0.3) is 0 Å². The van der Waals surface area contributed by atoms with Gasteiger partial charge in [-0.15, -0.1) is 0 Å². The molecule has 0 saturated heterocycles. The number of amides is 1. The Morgan fingerprint density at radius 1 is 1.35 bits per heavy atom. The van der Waals surface area contributed by atoms with Crippen molar-refractivity contribution in [1.29, 1.82) is 5.26 Å². The van der Waals surface area contributed by atoms with Crippen molar-refractivity contribution in [2.75, 3.05) is 0 Å². The number of allylic oxidation sites excluding steroid dienone is 1. The molecule has 1 amide bonds. The third kappa shape index (κ3) is 2.73. The monoisotopic (exact) mass is 227 g/mol. The molecule has 0 aliphatic carbocycles. The number of nitrogens with zero attached hydrogens (tertiary/aromatic N) is 1. The van der Waals surface area contributed by atoms with Crippen LogP contribution in [0.2, 0.25) is 0 Å². The summed E-state index contributed by atoms with van der Waals surface area (Å²) in [5, 5.41) is 8.69. The van der Waals surface area contributed by atoms with E-state index in [1.165, 1.54) is 6.20 Å². The Kier molecular flexibility index (Phi) is 4.07. The molecular formula is C13H13N3O. The molecule has 4 N–H and O–H groups in total. The first-order valence-electron chi connectivity index (χ1n) is 5.03. The quantitative estimate of drug-likeness (QED) is 0.601. The second kappa shape index (κ2) is 5.52. The van der Waals surface area contributed by atoms with Gasteiger partial charge in [-0.05, 0) is 24.6 Å². The Balaban J connectivity index is 3.20. The highest BCUT2D eigenvalue weighted by atomic mass is 16.1. The molecule has 0 aliphatic heterocycles. The molecule has 0 radical (unpaired) electrons. The SMILES string of the molecule is C/C=C(C(N)=O)/C(=C\N)c1ccc(C#N)cc1. The van der Waals surface area contributed by atoms with Gasteiger partial charge in [-0.2, -0.15) is 5.26 Å². The van der Waals surface area contributed by atoms with Gasteiger partial charge in [0.15, 0.2) is 0 Å². The third-order valence-electron chi connectivity index (χ3n) is 2.34. The molecule has 0 bridgehead atoms. The lowest BCUT2D eigenvalue weighted by molar-refractivity contribution is -0.114. The molecule has 86 valence electrons. The number of nitrogens with two attached hydrogens (primary N) is 2. The topological polar surface area (TPSA) is 92.9 Å². The van der Waals surface area contributed by atoms with Crippen LogP contribution in [0.4, 0.5) is 0 Å². The predicted octanol–water partition coefficient (Wildman–Crippen LogP) is 1.29. The Hall–Kier alpha value is -2.54. The van der Waals surface area contributed by atoms with Gasteiger partial charge in [0.1, 0.15) is 0 Å². The Bertz CT molecular complexity index is 519. The van der Waals surface area contributed by atoms with Crippen LogP contribution in [0, 0.1) is 11.3 Å². The summed E-state index contributed by atoms with van der Waals surface area (Å²) in [6, 6.07) is 8.79. The summed E-state index contributed by atoms with van der Waals surface area (Å²) in [5.74, 6) is -0.534. The second-order valence-electron chi connectivity index (χ2n) is 3.34. The van der Waals surface area contributed by atoms with E-state index in [-0.39, 0.29) is 0 Å². The Morgan fingerprint density at radius 2 is 1.94 bits per heavy atom. The number of hydrogen-bond acceptors (Lipinski definition) is 3. The van der Waals surface area contributed by atoms with Crippen LogP contribution in [0.1, 0.15) is 18.1 Å². The number of carbonyl (C=O) groups excluding carboxylic acids is 1. The van der Waals surface area contributed by atoms with Crippen molar-refractivity contribution >= 4 is 11.5 Å². The predicted molar refractivity (Wildman–Crippen MR) is 66.3 cm³/mol. The fourth-order valence-corrected chi connectivity index (χ4v) is 1.50. The van der Waals surface area contributed by atoms with Crippen LogP contribution < -0.4 is 11.5 Å². The van der Waals surface area contributed by atoms with Crippen LogP contribution in [0.5, 0.6) is 0 Å². The highest BCUT2D eigenvalue weighted by Crippen LogP contribution is 2.22. The molecule has 4 heteroatoms. The van der Waals surface area contributed by atoms with Gasteiger partial charge in [0.05, 0.1) is 11.6 Å². The summed E-state index contributed by atoms with van der Waals surface area (Å²) in [5.41, 5.74) is 13.0. The summed E-state index contributed by atoms with van der Waals surface area (Å²) in [7, 11) is 0. The minimum atomic E-state index is -0.534. The number of carbonyl (C=O) groups is 1. The average Bonchev–Trinajstić information content (AvgIpc) is 2.35. The fourth-order valence-electron chi connectivity index (χ4n) is 1.50. The highest BCUT2D eigenvalue weighted by Gasteiger charge is 2.11. The maximum absolute atomic E-state index is 11.2. The van der Waals surface area contributed by atoms with Crippen molar-refractivity contribution < 1.29 is 4.79 Å². The van der Waals surface area contributed by atoms with E-state index < -0.39 is 5.91 Å². The number of hydrogen-bond donors (Lipinski definition) is 2. The summed E-state index contributed by atoms with van der Waals surface area (Å²) in [6.07, 6.45) is 2.95. The smallest absolute Gasteiger partial charge is 0.249 e. The van der Waals surface area contributed by atoms with Crippen LogP contribution in [0.3, 0.4) is 0 Å². The molecule has 0 aromatic heterocycles. The maximum Gasteiger partial charge on any atom is 0.249 e. The number of primary amides is 1. The van der Waals surface area contributed by atoms with Gasteiger partial charge in [0, 0.05) is 17.3 Å². The first-order valence-corrected chi connectivity index (χ1v) is 5.03. The molecule has 4 nitrogen and oxygen atoms in total. The maximum atomic E-state index is 11.2. The van der Waals surface area contributed by atoms with E-state index in [0.717, 1.165) is 5.56 Å². The fraction of sp³-hybridized carbons (Fsp3) is 0.0769. The van der Waals surface area contributed by atoms with Crippen molar-refractivity contribution in [3.8, 4) is 6.07 Å². The molecule has 0 aliphatic rings. The summed E-state index contributed by atoms with van der Waals surface area (Å²) < 4.78 is 0. The molecule has 1 aromatic rings.